The summed E-state index contributed by atoms with van der Waals surface area (Å²) < 4.78 is 11.3. The van der Waals surface area contributed by atoms with Crippen LogP contribution in [0.4, 0.5) is 5.69 Å². The summed E-state index contributed by atoms with van der Waals surface area (Å²) in [5, 5.41) is 11.2. The summed E-state index contributed by atoms with van der Waals surface area (Å²) in [6.07, 6.45) is 1.49. The molecule has 1 amide bonds. The number of furan rings is 1. The minimum atomic E-state index is -0.887. The first-order chi connectivity index (χ1) is 16.1. The number of rotatable bonds is 5. The predicted molar refractivity (Wildman–Crippen MR) is 131 cm³/mol. The lowest BCUT2D eigenvalue weighted by molar-refractivity contribution is -0.132. The van der Waals surface area contributed by atoms with E-state index in [1.165, 1.54) is 11.2 Å². The maximum Gasteiger partial charge on any atom is 0.300 e. The van der Waals surface area contributed by atoms with E-state index >= 15 is 0 Å². The van der Waals surface area contributed by atoms with Gasteiger partial charge in [-0.05, 0) is 73.4 Å². The molecule has 0 radical (unpaired) electrons. The summed E-state index contributed by atoms with van der Waals surface area (Å²) in [5.41, 5.74) is 1.99. The van der Waals surface area contributed by atoms with E-state index in [1.807, 2.05) is 38.1 Å². The zero-order chi connectivity index (χ0) is 24.6. The molecule has 6 heteroatoms. The molecule has 34 heavy (non-hydrogen) atoms. The highest BCUT2D eigenvalue weighted by Crippen LogP contribution is 2.42. The fourth-order valence-corrected chi connectivity index (χ4v) is 4.06. The van der Waals surface area contributed by atoms with Gasteiger partial charge in [0, 0.05) is 11.3 Å². The molecule has 0 bridgehead atoms. The number of Topliss-reactive ketones (excluding diaryl/α,β-unsaturated/α-hetero) is 1. The van der Waals surface area contributed by atoms with Crippen LogP contribution in [0, 0.1) is 0 Å². The van der Waals surface area contributed by atoms with Crippen molar-refractivity contribution in [3.05, 3.63) is 89.4 Å². The SMILES string of the molecule is CC(C)Oc1ccc(/C(O)=C2/C(=O)C(=O)N(c3ccc(C(C)(C)C)cc3)C2c2ccco2)cc1. The zero-order valence-corrected chi connectivity index (χ0v) is 20.0. The van der Waals surface area contributed by atoms with Crippen molar-refractivity contribution in [3.63, 3.8) is 0 Å². The summed E-state index contributed by atoms with van der Waals surface area (Å²) in [6.45, 7) is 10.2. The number of aliphatic hydroxyl groups excluding tert-OH is 1. The van der Waals surface area contributed by atoms with Crippen LogP contribution in [-0.4, -0.2) is 22.9 Å². The van der Waals surface area contributed by atoms with Gasteiger partial charge in [0.25, 0.3) is 11.7 Å². The number of benzene rings is 2. The number of nitrogens with zero attached hydrogens (tertiary/aromatic N) is 1. The highest BCUT2D eigenvalue weighted by atomic mass is 16.5. The van der Waals surface area contributed by atoms with Crippen LogP contribution >= 0.6 is 0 Å². The van der Waals surface area contributed by atoms with E-state index in [-0.39, 0.29) is 22.9 Å². The molecule has 176 valence electrons. The van der Waals surface area contributed by atoms with Gasteiger partial charge in [-0.3, -0.25) is 14.5 Å². The summed E-state index contributed by atoms with van der Waals surface area (Å²) >= 11 is 0. The normalized spacial score (nSPS) is 18.1. The van der Waals surface area contributed by atoms with Crippen molar-refractivity contribution in [2.75, 3.05) is 4.90 Å². The third-order valence-corrected chi connectivity index (χ3v) is 5.77. The second kappa shape index (κ2) is 8.86. The third kappa shape index (κ3) is 4.36. The van der Waals surface area contributed by atoms with E-state index in [4.69, 9.17) is 9.15 Å². The molecule has 0 aliphatic carbocycles. The van der Waals surface area contributed by atoms with Gasteiger partial charge in [-0.25, -0.2) is 0 Å². The molecule has 2 heterocycles. The van der Waals surface area contributed by atoms with Crippen LogP contribution in [-0.2, 0) is 15.0 Å². The van der Waals surface area contributed by atoms with Gasteiger partial charge in [-0.15, -0.1) is 0 Å². The molecule has 0 spiro atoms. The molecule has 1 aliphatic rings. The Labute approximate surface area is 199 Å². The minimum Gasteiger partial charge on any atom is -0.507 e. The van der Waals surface area contributed by atoms with Gasteiger partial charge in [0.05, 0.1) is 17.9 Å². The van der Waals surface area contributed by atoms with Crippen molar-refractivity contribution < 1.29 is 23.8 Å². The molecule has 1 saturated heterocycles. The van der Waals surface area contributed by atoms with E-state index in [9.17, 15) is 14.7 Å². The predicted octanol–water partition coefficient (Wildman–Crippen LogP) is 5.99. The number of aliphatic hydroxyl groups is 1. The Morgan fingerprint density at radius 1 is 1.00 bits per heavy atom. The number of hydrogen-bond donors (Lipinski definition) is 1. The first-order valence-corrected chi connectivity index (χ1v) is 11.3. The Morgan fingerprint density at radius 2 is 1.65 bits per heavy atom. The van der Waals surface area contributed by atoms with Gasteiger partial charge in [-0.1, -0.05) is 32.9 Å². The second-order valence-corrected chi connectivity index (χ2v) is 9.67. The fourth-order valence-electron chi connectivity index (χ4n) is 4.06. The van der Waals surface area contributed by atoms with E-state index in [0.717, 1.165) is 5.56 Å². The van der Waals surface area contributed by atoms with E-state index in [2.05, 4.69) is 20.8 Å². The molecule has 1 atom stereocenters. The zero-order valence-electron chi connectivity index (χ0n) is 20.0. The van der Waals surface area contributed by atoms with Crippen molar-refractivity contribution in [3.8, 4) is 5.75 Å². The molecule has 1 fully saturated rings. The van der Waals surface area contributed by atoms with Gasteiger partial charge >= 0.3 is 0 Å². The number of carbonyl (C=O) groups is 2. The number of ether oxygens (including phenoxy) is 1. The number of anilines is 1. The largest absolute Gasteiger partial charge is 0.507 e. The third-order valence-electron chi connectivity index (χ3n) is 5.77. The Hall–Kier alpha value is -3.80. The molecule has 3 aromatic rings. The number of ketones is 1. The van der Waals surface area contributed by atoms with E-state index in [1.54, 1.807) is 36.4 Å². The summed E-state index contributed by atoms with van der Waals surface area (Å²) in [7, 11) is 0. The number of amides is 1. The van der Waals surface area contributed by atoms with Crippen LogP contribution in [0.2, 0.25) is 0 Å². The molecular weight excluding hydrogens is 430 g/mol. The lowest BCUT2D eigenvalue weighted by Gasteiger charge is -2.25. The average molecular weight is 460 g/mol. The van der Waals surface area contributed by atoms with Crippen LogP contribution in [0.1, 0.15) is 57.5 Å². The van der Waals surface area contributed by atoms with Crippen molar-refractivity contribution in [1.29, 1.82) is 0 Å². The fraction of sp³-hybridized carbons (Fsp3) is 0.286. The number of carbonyl (C=O) groups excluding carboxylic acids is 2. The van der Waals surface area contributed by atoms with Gasteiger partial charge in [-0.2, -0.15) is 0 Å². The highest BCUT2D eigenvalue weighted by molar-refractivity contribution is 6.51. The van der Waals surface area contributed by atoms with Gasteiger partial charge in [0.1, 0.15) is 23.3 Å². The standard InChI is InChI=1S/C28H29NO5/c1-17(2)34-21-14-8-18(9-15-21)25(30)23-24(22-7-6-16-33-22)29(27(32)26(23)31)20-12-10-19(11-13-20)28(3,4)5/h6-17,24,30H,1-5H3/b25-23-. The van der Waals surface area contributed by atoms with Crippen LogP contribution < -0.4 is 9.64 Å². The smallest absolute Gasteiger partial charge is 0.300 e. The molecule has 1 N–H and O–H groups in total. The topological polar surface area (TPSA) is 80.0 Å². The minimum absolute atomic E-state index is 0.00777. The summed E-state index contributed by atoms with van der Waals surface area (Å²) in [6, 6.07) is 16.8. The lowest BCUT2D eigenvalue weighted by atomic mass is 9.87. The average Bonchev–Trinajstić information content (AvgIpc) is 3.40. The van der Waals surface area contributed by atoms with Crippen LogP contribution in [0.25, 0.3) is 5.76 Å². The Morgan fingerprint density at radius 3 is 2.18 bits per heavy atom. The first kappa shape index (κ1) is 23.4. The second-order valence-electron chi connectivity index (χ2n) is 9.67. The lowest BCUT2D eigenvalue weighted by Crippen LogP contribution is -2.29. The monoisotopic (exact) mass is 459 g/mol. The summed E-state index contributed by atoms with van der Waals surface area (Å²) in [5.74, 6) is -0.703. The van der Waals surface area contributed by atoms with E-state index in [0.29, 0.717) is 22.8 Å². The number of hydrogen-bond acceptors (Lipinski definition) is 5. The molecule has 1 aliphatic heterocycles. The molecule has 1 unspecified atom stereocenters. The van der Waals surface area contributed by atoms with Crippen molar-refractivity contribution in [1.82, 2.24) is 0 Å². The van der Waals surface area contributed by atoms with Crippen molar-refractivity contribution in [2.24, 2.45) is 0 Å². The maximum absolute atomic E-state index is 13.2. The molecule has 4 rings (SSSR count). The van der Waals surface area contributed by atoms with Gasteiger partial charge in [0.2, 0.25) is 0 Å². The molecular formula is C28H29NO5. The Kier molecular flexibility index (Phi) is 6.09. The Bertz CT molecular complexity index is 1210. The molecule has 0 saturated carbocycles. The maximum atomic E-state index is 13.2. The van der Waals surface area contributed by atoms with Gasteiger partial charge in [0.15, 0.2) is 0 Å². The summed E-state index contributed by atoms with van der Waals surface area (Å²) in [4.78, 5) is 27.7. The van der Waals surface area contributed by atoms with Crippen molar-refractivity contribution in [2.45, 2.75) is 52.2 Å². The first-order valence-electron chi connectivity index (χ1n) is 11.3. The van der Waals surface area contributed by atoms with E-state index < -0.39 is 17.7 Å². The van der Waals surface area contributed by atoms with Crippen LogP contribution in [0.15, 0.2) is 76.9 Å². The van der Waals surface area contributed by atoms with Crippen molar-refractivity contribution >= 4 is 23.1 Å². The molecule has 2 aromatic carbocycles. The quantitative estimate of drug-likeness (QED) is 0.288. The molecule has 1 aromatic heterocycles. The Balaban J connectivity index is 1.80. The van der Waals surface area contributed by atoms with Crippen LogP contribution in [0.3, 0.4) is 0 Å². The highest BCUT2D eigenvalue weighted by Gasteiger charge is 2.48. The van der Waals surface area contributed by atoms with Gasteiger partial charge < -0.3 is 14.3 Å². The van der Waals surface area contributed by atoms with Crippen LogP contribution in [0.5, 0.6) is 5.75 Å². The molecule has 6 nitrogen and oxygen atoms in total.